The second-order valence-electron chi connectivity index (χ2n) is 3.66. The molecule has 0 bridgehead atoms. The van der Waals surface area contributed by atoms with Crippen LogP contribution in [0.15, 0.2) is 23.4 Å². The van der Waals surface area contributed by atoms with Gasteiger partial charge in [-0.05, 0) is 37.5 Å². The molecule has 4 heteroatoms. The molecule has 0 aliphatic carbocycles. The van der Waals surface area contributed by atoms with Gasteiger partial charge in [0, 0.05) is 6.61 Å². The minimum absolute atomic E-state index is 0.273. The molecule has 0 saturated carbocycles. The lowest BCUT2D eigenvalue weighted by Crippen LogP contribution is -2.01. The lowest BCUT2D eigenvalue weighted by atomic mass is 10.1. The van der Waals surface area contributed by atoms with Crippen LogP contribution in [-0.2, 0) is 11.2 Å². The smallest absolute Gasteiger partial charge is 0.127 e. The van der Waals surface area contributed by atoms with Crippen molar-refractivity contribution in [2.45, 2.75) is 20.3 Å². The molecular formula is C13H19NO3. The SMILES string of the molecule is CCOCCc1ccc(OC/C=N\O)c(C)c1. The van der Waals surface area contributed by atoms with E-state index in [4.69, 9.17) is 14.7 Å². The summed E-state index contributed by atoms with van der Waals surface area (Å²) in [5.41, 5.74) is 2.31. The maximum atomic E-state index is 8.25. The van der Waals surface area contributed by atoms with Gasteiger partial charge in [0.1, 0.15) is 12.4 Å². The first-order valence-electron chi connectivity index (χ1n) is 5.74. The molecule has 0 aliphatic heterocycles. The van der Waals surface area contributed by atoms with Crippen LogP contribution in [0.25, 0.3) is 0 Å². The highest BCUT2D eigenvalue weighted by Crippen LogP contribution is 2.19. The molecule has 0 saturated heterocycles. The third kappa shape index (κ3) is 4.87. The summed E-state index contributed by atoms with van der Waals surface area (Å²) in [6.07, 6.45) is 2.22. The van der Waals surface area contributed by atoms with Crippen molar-refractivity contribution >= 4 is 6.21 Å². The minimum atomic E-state index is 0.273. The van der Waals surface area contributed by atoms with E-state index in [0.717, 1.165) is 30.9 Å². The van der Waals surface area contributed by atoms with E-state index >= 15 is 0 Å². The summed E-state index contributed by atoms with van der Waals surface area (Å²) in [5.74, 6) is 0.810. The number of oxime groups is 1. The third-order valence-corrected chi connectivity index (χ3v) is 2.37. The predicted molar refractivity (Wildman–Crippen MR) is 67.1 cm³/mol. The van der Waals surface area contributed by atoms with Gasteiger partial charge in [-0.2, -0.15) is 0 Å². The molecule has 0 radical (unpaired) electrons. The van der Waals surface area contributed by atoms with Crippen molar-refractivity contribution in [1.29, 1.82) is 0 Å². The molecule has 0 aliphatic rings. The Labute approximate surface area is 102 Å². The van der Waals surface area contributed by atoms with Crippen molar-refractivity contribution in [1.82, 2.24) is 0 Å². The molecule has 94 valence electrons. The van der Waals surface area contributed by atoms with Gasteiger partial charge in [-0.15, -0.1) is 0 Å². The zero-order chi connectivity index (χ0) is 12.5. The molecule has 0 unspecified atom stereocenters. The van der Waals surface area contributed by atoms with Crippen LogP contribution in [0.1, 0.15) is 18.1 Å². The van der Waals surface area contributed by atoms with Gasteiger partial charge in [-0.1, -0.05) is 17.3 Å². The van der Waals surface area contributed by atoms with Crippen molar-refractivity contribution in [2.75, 3.05) is 19.8 Å². The van der Waals surface area contributed by atoms with E-state index in [-0.39, 0.29) is 6.61 Å². The predicted octanol–water partition coefficient (Wildman–Crippen LogP) is 2.41. The average Bonchev–Trinajstić information content (AvgIpc) is 2.32. The van der Waals surface area contributed by atoms with Gasteiger partial charge in [0.2, 0.25) is 0 Å². The second kappa shape index (κ2) is 7.68. The van der Waals surface area contributed by atoms with Gasteiger partial charge >= 0.3 is 0 Å². The lowest BCUT2D eigenvalue weighted by molar-refractivity contribution is 0.151. The van der Waals surface area contributed by atoms with Gasteiger partial charge in [0.05, 0.1) is 12.8 Å². The number of aryl methyl sites for hydroxylation is 1. The van der Waals surface area contributed by atoms with E-state index < -0.39 is 0 Å². The Balaban J connectivity index is 2.53. The van der Waals surface area contributed by atoms with Gasteiger partial charge in [-0.25, -0.2) is 0 Å². The summed E-state index contributed by atoms with van der Waals surface area (Å²) < 4.78 is 10.7. The first-order valence-corrected chi connectivity index (χ1v) is 5.74. The summed E-state index contributed by atoms with van der Waals surface area (Å²) in [7, 11) is 0. The molecule has 17 heavy (non-hydrogen) atoms. The molecule has 0 amide bonds. The van der Waals surface area contributed by atoms with E-state index in [1.807, 2.05) is 26.0 Å². The van der Waals surface area contributed by atoms with Gasteiger partial charge in [0.25, 0.3) is 0 Å². The number of benzene rings is 1. The summed E-state index contributed by atoms with van der Waals surface area (Å²) in [6, 6.07) is 6.05. The Kier molecular flexibility index (Phi) is 6.10. The van der Waals surface area contributed by atoms with Crippen LogP contribution in [0.2, 0.25) is 0 Å². The summed E-state index contributed by atoms with van der Waals surface area (Å²) in [4.78, 5) is 0. The van der Waals surface area contributed by atoms with Crippen LogP contribution in [0.4, 0.5) is 0 Å². The Morgan fingerprint density at radius 2 is 2.24 bits per heavy atom. The van der Waals surface area contributed by atoms with Crippen molar-refractivity contribution in [2.24, 2.45) is 5.16 Å². The quantitative estimate of drug-likeness (QED) is 0.343. The maximum Gasteiger partial charge on any atom is 0.127 e. The average molecular weight is 237 g/mol. The molecule has 0 spiro atoms. The van der Waals surface area contributed by atoms with E-state index in [1.54, 1.807) is 0 Å². The van der Waals surface area contributed by atoms with E-state index in [2.05, 4.69) is 11.2 Å². The standard InChI is InChI=1S/C13H19NO3/c1-3-16-8-6-12-4-5-13(11(2)10-12)17-9-7-14-15/h4-5,7,10,15H,3,6,8-9H2,1-2H3/b14-7-. The fourth-order valence-electron chi connectivity index (χ4n) is 1.52. The zero-order valence-electron chi connectivity index (χ0n) is 10.3. The first kappa shape index (κ1) is 13.5. The van der Waals surface area contributed by atoms with Crippen molar-refractivity contribution in [3.05, 3.63) is 29.3 Å². The summed E-state index contributed by atoms with van der Waals surface area (Å²) >= 11 is 0. The number of rotatable bonds is 7. The van der Waals surface area contributed by atoms with E-state index in [9.17, 15) is 0 Å². The highest BCUT2D eigenvalue weighted by Gasteiger charge is 2.01. The molecule has 0 fully saturated rings. The summed E-state index contributed by atoms with van der Waals surface area (Å²) in [6.45, 7) is 5.75. The highest BCUT2D eigenvalue weighted by molar-refractivity contribution is 5.58. The van der Waals surface area contributed by atoms with Crippen LogP contribution in [-0.4, -0.2) is 31.2 Å². The van der Waals surface area contributed by atoms with Crippen molar-refractivity contribution < 1.29 is 14.7 Å². The zero-order valence-corrected chi connectivity index (χ0v) is 10.3. The molecule has 0 aromatic heterocycles. The van der Waals surface area contributed by atoms with Crippen molar-refractivity contribution in [3.8, 4) is 5.75 Å². The molecule has 0 atom stereocenters. The van der Waals surface area contributed by atoms with Gasteiger partial charge in [-0.3, -0.25) is 0 Å². The van der Waals surface area contributed by atoms with Crippen LogP contribution in [0.5, 0.6) is 5.75 Å². The first-order chi connectivity index (χ1) is 8.27. The second-order valence-corrected chi connectivity index (χ2v) is 3.66. The van der Waals surface area contributed by atoms with Crippen LogP contribution >= 0.6 is 0 Å². The number of hydrogen-bond donors (Lipinski definition) is 1. The number of nitrogens with zero attached hydrogens (tertiary/aromatic N) is 1. The van der Waals surface area contributed by atoms with E-state index in [0.29, 0.717) is 0 Å². The summed E-state index contributed by atoms with van der Waals surface area (Å²) in [5, 5.41) is 11.1. The Bertz CT molecular complexity index is 364. The Morgan fingerprint density at radius 3 is 2.88 bits per heavy atom. The Hall–Kier alpha value is -1.55. The van der Waals surface area contributed by atoms with Crippen molar-refractivity contribution in [3.63, 3.8) is 0 Å². The third-order valence-electron chi connectivity index (χ3n) is 2.37. The normalized spacial score (nSPS) is 10.9. The minimum Gasteiger partial charge on any atom is -0.488 e. The molecule has 0 heterocycles. The molecule has 1 aromatic carbocycles. The maximum absolute atomic E-state index is 8.25. The van der Waals surface area contributed by atoms with Gasteiger partial charge in [0.15, 0.2) is 0 Å². The van der Waals surface area contributed by atoms with Crippen LogP contribution < -0.4 is 4.74 Å². The molecule has 4 nitrogen and oxygen atoms in total. The Morgan fingerprint density at radius 1 is 1.41 bits per heavy atom. The fraction of sp³-hybridized carbons (Fsp3) is 0.462. The fourth-order valence-corrected chi connectivity index (χ4v) is 1.52. The molecule has 1 rings (SSSR count). The molecule has 1 N–H and O–H groups in total. The van der Waals surface area contributed by atoms with Crippen LogP contribution in [0.3, 0.4) is 0 Å². The number of ether oxygens (including phenoxy) is 2. The topological polar surface area (TPSA) is 51.0 Å². The van der Waals surface area contributed by atoms with E-state index in [1.165, 1.54) is 11.8 Å². The largest absolute Gasteiger partial charge is 0.488 e. The molecule has 1 aromatic rings. The van der Waals surface area contributed by atoms with Crippen LogP contribution in [0, 0.1) is 6.92 Å². The molecular weight excluding hydrogens is 218 g/mol. The monoisotopic (exact) mass is 237 g/mol. The highest BCUT2D eigenvalue weighted by atomic mass is 16.5. The van der Waals surface area contributed by atoms with Gasteiger partial charge < -0.3 is 14.7 Å². The lowest BCUT2D eigenvalue weighted by Gasteiger charge is -2.09. The number of hydrogen-bond acceptors (Lipinski definition) is 4.